The van der Waals surface area contributed by atoms with Crippen LogP contribution in [0.15, 0.2) is 21.4 Å². The van der Waals surface area contributed by atoms with Crippen LogP contribution < -0.4 is 11.3 Å². The molecule has 0 saturated heterocycles. The molecule has 0 amide bonds. The third-order valence-electron chi connectivity index (χ3n) is 2.82. The molecule has 14 heavy (non-hydrogen) atoms. The Labute approximate surface area is 91.0 Å². The van der Waals surface area contributed by atoms with Gasteiger partial charge in [-0.2, -0.15) is 0 Å². The fourth-order valence-electron chi connectivity index (χ4n) is 1.93. The van der Waals surface area contributed by atoms with Gasteiger partial charge >= 0.3 is 0 Å². The lowest BCUT2D eigenvalue weighted by Crippen LogP contribution is -2.32. The van der Waals surface area contributed by atoms with Crippen LogP contribution in [0.4, 0.5) is 0 Å². The standard InChI is InChI=1S/C10H13BrN2O/c11-8-1-2-10(14)13-4-3-7(6-12)5-9(8)13/h1-2,7H,3-6,12H2. The van der Waals surface area contributed by atoms with Gasteiger partial charge in [0, 0.05) is 22.8 Å². The van der Waals surface area contributed by atoms with Crippen LogP contribution in [0.3, 0.4) is 0 Å². The Morgan fingerprint density at radius 2 is 2.36 bits per heavy atom. The Morgan fingerprint density at radius 1 is 1.57 bits per heavy atom. The fourth-order valence-corrected chi connectivity index (χ4v) is 2.44. The molecular formula is C10H13BrN2O. The van der Waals surface area contributed by atoms with Gasteiger partial charge in [-0.25, -0.2) is 0 Å². The highest BCUT2D eigenvalue weighted by molar-refractivity contribution is 9.10. The van der Waals surface area contributed by atoms with Crippen LogP contribution >= 0.6 is 15.9 Å². The number of rotatable bonds is 1. The first-order chi connectivity index (χ1) is 6.72. The summed E-state index contributed by atoms with van der Waals surface area (Å²) < 4.78 is 2.87. The Bertz CT molecular complexity index is 400. The van der Waals surface area contributed by atoms with Gasteiger partial charge in [0.2, 0.25) is 0 Å². The van der Waals surface area contributed by atoms with Crippen molar-refractivity contribution in [3.05, 3.63) is 32.7 Å². The second kappa shape index (κ2) is 3.87. The van der Waals surface area contributed by atoms with Gasteiger partial charge in [-0.15, -0.1) is 0 Å². The average molecular weight is 257 g/mol. The van der Waals surface area contributed by atoms with Crippen molar-refractivity contribution in [3.8, 4) is 0 Å². The molecule has 0 aromatic carbocycles. The van der Waals surface area contributed by atoms with E-state index in [1.54, 1.807) is 6.07 Å². The lowest BCUT2D eigenvalue weighted by molar-refractivity contribution is 0.385. The third-order valence-corrected chi connectivity index (χ3v) is 3.54. The topological polar surface area (TPSA) is 48.0 Å². The van der Waals surface area contributed by atoms with Crippen LogP contribution in [-0.2, 0) is 13.0 Å². The zero-order valence-electron chi connectivity index (χ0n) is 7.87. The summed E-state index contributed by atoms with van der Waals surface area (Å²) in [5.74, 6) is 0.521. The van der Waals surface area contributed by atoms with E-state index in [1.807, 2.05) is 10.6 Å². The molecule has 4 heteroatoms. The van der Waals surface area contributed by atoms with Crippen LogP contribution in [-0.4, -0.2) is 11.1 Å². The van der Waals surface area contributed by atoms with Crippen LogP contribution in [0.1, 0.15) is 12.1 Å². The molecule has 0 fully saturated rings. The number of nitrogens with two attached hydrogens (primary N) is 1. The molecule has 0 spiro atoms. The zero-order valence-corrected chi connectivity index (χ0v) is 9.46. The van der Waals surface area contributed by atoms with Crippen molar-refractivity contribution in [1.29, 1.82) is 0 Å². The van der Waals surface area contributed by atoms with Gasteiger partial charge in [0.25, 0.3) is 5.56 Å². The van der Waals surface area contributed by atoms with E-state index in [-0.39, 0.29) is 5.56 Å². The van der Waals surface area contributed by atoms with Gasteiger partial charge in [0.05, 0.1) is 0 Å². The minimum atomic E-state index is 0.0960. The molecule has 2 N–H and O–H groups in total. The zero-order chi connectivity index (χ0) is 10.1. The number of hydrogen-bond donors (Lipinski definition) is 1. The highest BCUT2D eigenvalue weighted by Crippen LogP contribution is 2.24. The molecule has 0 radical (unpaired) electrons. The summed E-state index contributed by atoms with van der Waals surface area (Å²) in [5.41, 5.74) is 6.84. The Morgan fingerprint density at radius 3 is 3.07 bits per heavy atom. The number of halogens is 1. The first-order valence-electron chi connectivity index (χ1n) is 4.80. The van der Waals surface area contributed by atoms with Gasteiger partial charge < -0.3 is 10.3 Å². The maximum Gasteiger partial charge on any atom is 0.250 e. The fraction of sp³-hybridized carbons (Fsp3) is 0.500. The molecule has 1 aliphatic rings. The maximum atomic E-state index is 11.5. The molecule has 2 rings (SSSR count). The third kappa shape index (κ3) is 1.64. The summed E-state index contributed by atoms with van der Waals surface area (Å²) >= 11 is 3.47. The Balaban J connectivity index is 2.45. The molecule has 1 unspecified atom stereocenters. The molecule has 2 heterocycles. The highest BCUT2D eigenvalue weighted by Gasteiger charge is 2.19. The minimum Gasteiger partial charge on any atom is -0.330 e. The van der Waals surface area contributed by atoms with E-state index in [9.17, 15) is 4.79 Å². The van der Waals surface area contributed by atoms with E-state index in [0.717, 1.165) is 29.6 Å². The van der Waals surface area contributed by atoms with Crippen LogP contribution in [0, 0.1) is 5.92 Å². The van der Waals surface area contributed by atoms with E-state index in [2.05, 4.69) is 15.9 Å². The van der Waals surface area contributed by atoms with Crippen molar-refractivity contribution >= 4 is 15.9 Å². The smallest absolute Gasteiger partial charge is 0.250 e. The van der Waals surface area contributed by atoms with Crippen molar-refractivity contribution in [3.63, 3.8) is 0 Å². The summed E-state index contributed by atoms with van der Waals surface area (Å²) in [6, 6.07) is 3.43. The highest BCUT2D eigenvalue weighted by atomic mass is 79.9. The molecule has 76 valence electrons. The minimum absolute atomic E-state index is 0.0960. The Kier molecular flexibility index (Phi) is 2.74. The van der Waals surface area contributed by atoms with Crippen molar-refractivity contribution in [2.45, 2.75) is 19.4 Å². The van der Waals surface area contributed by atoms with E-state index in [0.29, 0.717) is 12.5 Å². The van der Waals surface area contributed by atoms with Crippen molar-refractivity contribution in [2.75, 3.05) is 6.54 Å². The molecule has 0 bridgehead atoms. The number of pyridine rings is 1. The number of fused-ring (bicyclic) bond motifs is 1. The van der Waals surface area contributed by atoms with Crippen molar-refractivity contribution in [1.82, 2.24) is 4.57 Å². The molecule has 1 aromatic heterocycles. The Hall–Kier alpha value is -0.610. The van der Waals surface area contributed by atoms with Crippen LogP contribution in [0.2, 0.25) is 0 Å². The number of aromatic nitrogens is 1. The predicted molar refractivity (Wildman–Crippen MR) is 59.3 cm³/mol. The van der Waals surface area contributed by atoms with Gasteiger partial charge in [-0.3, -0.25) is 4.79 Å². The number of hydrogen-bond acceptors (Lipinski definition) is 2. The first kappa shape index (κ1) is 9.93. The van der Waals surface area contributed by atoms with E-state index in [4.69, 9.17) is 5.73 Å². The van der Waals surface area contributed by atoms with Crippen molar-refractivity contribution in [2.24, 2.45) is 11.7 Å². The van der Waals surface area contributed by atoms with Crippen LogP contribution in [0.25, 0.3) is 0 Å². The van der Waals surface area contributed by atoms with Crippen LogP contribution in [0.5, 0.6) is 0 Å². The van der Waals surface area contributed by atoms with Gasteiger partial charge in [-0.1, -0.05) is 0 Å². The molecule has 1 aliphatic heterocycles. The second-order valence-corrected chi connectivity index (χ2v) is 4.57. The lowest BCUT2D eigenvalue weighted by atomic mass is 9.95. The molecule has 0 saturated carbocycles. The molecule has 0 aliphatic carbocycles. The lowest BCUT2D eigenvalue weighted by Gasteiger charge is -2.25. The van der Waals surface area contributed by atoms with Crippen molar-refractivity contribution < 1.29 is 0 Å². The van der Waals surface area contributed by atoms with Gasteiger partial charge in [0.15, 0.2) is 0 Å². The summed E-state index contributed by atoms with van der Waals surface area (Å²) in [4.78, 5) is 11.5. The second-order valence-electron chi connectivity index (χ2n) is 3.71. The van der Waals surface area contributed by atoms with E-state index >= 15 is 0 Å². The molecular weight excluding hydrogens is 244 g/mol. The summed E-state index contributed by atoms with van der Waals surface area (Å²) in [6.45, 7) is 1.50. The SMILES string of the molecule is NCC1CCn2c(c(Br)ccc2=O)C1. The average Bonchev–Trinajstić information content (AvgIpc) is 2.23. The predicted octanol–water partition coefficient (Wildman–Crippen LogP) is 1.13. The normalized spacial score (nSPS) is 20.6. The van der Waals surface area contributed by atoms with Gasteiger partial charge in [-0.05, 0) is 47.3 Å². The monoisotopic (exact) mass is 256 g/mol. The molecule has 1 atom stereocenters. The number of nitrogens with zero attached hydrogens (tertiary/aromatic N) is 1. The molecule has 3 nitrogen and oxygen atoms in total. The summed E-state index contributed by atoms with van der Waals surface area (Å²) in [7, 11) is 0. The van der Waals surface area contributed by atoms with E-state index < -0.39 is 0 Å². The summed E-state index contributed by atoms with van der Waals surface area (Å²) in [5, 5.41) is 0. The summed E-state index contributed by atoms with van der Waals surface area (Å²) in [6.07, 6.45) is 1.92. The quantitative estimate of drug-likeness (QED) is 0.819. The maximum absolute atomic E-state index is 11.5. The molecule has 1 aromatic rings. The largest absolute Gasteiger partial charge is 0.330 e. The van der Waals surface area contributed by atoms with E-state index in [1.165, 1.54) is 0 Å². The first-order valence-corrected chi connectivity index (χ1v) is 5.60. The van der Waals surface area contributed by atoms with Gasteiger partial charge in [0.1, 0.15) is 0 Å².